The van der Waals surface area contributed by atoms with Crippen LogP contribution in [0, 0.1) is 0 Å². The van der Waals surface area contributed by atoms with E-state index in [-0.39, 0.29) is 38.6 Å². The van der Waals surface area contributed by atoms with E-state index in [4.69, 9.17) is 18.9 Å². The minimum atomic E-state index is -1.62. The lowest BCUT2D eigenvalue weighted by atomic mass is 10.0. The fourth-order valence-corrected chi connectivity index (χ4v) is 7.71. The molecule has 0 fully saturated rings. The van der Waals surface area contributed by atoms with Gasteiger partial charge >= 0.3 is 11.9 Å². The number of nitrogens with zero attached hydrogens (tertiary/aromatic N) is 1. The molecule has 0 aliphatic rings. The van der Waals surface area contributed by atoms with Gasteiger partial charge in [-0.3, -0.25) is 9.59 Å². The number of carboxylic acid groups (broad SMARTS) is 1. The quantitative estimate of drug-likeness (QED) is 0.0195. The van der Waals surface area contributed by atoms with Crippen molar-refractivity contribution in [2.45, 2.75) is 257 Å². The standard InChI is InChI=1S/C58H105NO8/c1-6-8-10-12-14-16-18-20-21-22-23-24-25-26-27-28-29-30-31-32-33-34-35-37-39-41-43-45-47-49-56(61)67-54(53-66-58(57(62)63)64-51-50-59(3,4)5)52-65-55(60)48-46-44-42-40-38-36-19-17-15-13-11-9-7-2/h17-20,22-23,25-26,54,58H,6-16,21,24,27-53H2,1-5H3/b19-17-,20-18-,23-22-,26-25-. The molecule has 67 heavy (non-hydrogen) atoms. The Bertz CT molecular complexity index is 1240. The Morgan fingerprint density at radius 1 is 0.448 bits per heavy atom. The van der Waals surface area contributed by atoms with Gasteiger partial charge in [0.2, 0.25) is 0 Å². The van der Waals surface area contributed by atoms with Gasteiger partial charge in [-0.25, -0.2) is 0 Å². The summed E-state index contributed by atoms with van der Waals surface area (Å²) in [6.45, 7) is 4.72. The lowest BCUT2D eigenvalue weighted by Crippen LogP contribution is -2.44. The summed E-state index contributed by atoms with van der Waals surface area (Å²) < 4.78 is 22.6. The zero-order valence-electron chi connectivity index (χ0n) is 44.3. The van der Waals surface area contributed by atoms with Crippen LogP contribution in [-0.4, -0.2) is 82.3 Å². The lowest BCUT2D eigenvalue weighted by molar-refractivity contribution is -0.870. The summed E-state index contributed by atoms with van der Waals surface area (Å²) in [5.74, 6) is -2.29. The third-order valence-corrected chi connectivity index (χ3v) is 12.0. The van der Waals surface area contributed by atoms with Crippen LogP contribution in [0.15, 0.2) is 48.6 Å². The number of allylic oxidation sites excluding steroid dienone is 8. The van der Waals surface area contributed by atoms with Crippen molar-refractivity contribution in [1.82, 2.24) is 0 Å². The smallest absolute Gasteiger partial charge is 0.306 e. The molecule has 0 rings (SSSR count). The third-order valence-electron chi connectivity index (χ3n) is 12.0. The number of carboxylic acids is 1. The first-order valence-electron chi connectivity index (χ1n) is 27.8. The minimum Gasteiger partial charge on any atom is -0.545 e. The molecule has 9 nitrogen and oxygen atoms in total. The van der Waals surface area contributed by atoms with Gasteiger partial charge in [0, 0.05) is 12.8 Å². The van der Waals surface area contributed by atoms with E-state index in [1.165, 1.54) is 141 Å². The lowest BCUT2D eigenvalue weighted by Gasteiger charge is -2.26. The van der Waals surface area contributed by atoms with Gasteiger partial charge in [0.25, 0.3) is 0 Å². The molecule has 9 heteroatoms. The Morgan fingerprint density at radius 2 is 0.806 bits per heavy atom. The number of hydrogen-bond donors (Lipinski definition) is 0. The third kappa shape index (κ3) is 50.9. The fraction of sp³-hybridized carbons (Fsp3) is 0.810. The number of ether oxygens (including phenoxy) is 4. The Hall–Kier alpha value is -2.75. The molecule has 0 spiro atoms. The van der Waals surface area contributed by atoms with Crippen LogP contribution in [0.2, 0.25) is 0 Å². The SMILES string of the molecule is CCCCCC/C=C\CCCCCCCC(=O)OCC(COC(OCC[N+](C)(C)C)C(=O)[O-])OC(=O)CCCCCCCCCCCCCCCC/C=C\C/C=C\C/C=C\CCCCCCC. The van der Waals surface area contributed by atoms with Crippen LogP contribution in [-0.2, 0) is 33.3 Å². The van der Waals surface area contributed by atoms with Crippen molar-refractivity contribution in [2.24, 2.45) is 0 Å². The molecule has 0 saturated heterocycles. The maximum atomic E-state index is 12.8. The second-order valence-corrected chi connectivity index (χ2v) is 19.9. The number of hydrogen-bond acceptors (Lipinski definition) is 8. The van der Waals surface area contributed by atoms with Gasteiger partial charge in [0.05, 0.1) is 40.3 Å². The second kappa shape index (κ2) is 49.7. The van der Waals surface area contributed by atoms with Crippen molar-refractivity contribution in [1.29, 1.82) is 0 Å². The zero-order valence-corrected chi connectivity index (χ0v) is 44.3. The molecular formula is C58H105NO8. The fourth-order valence-electron chi connectivity index (χ4n) is 7.71. The molecule has 0 N–H and O–H groups in total. The first-order chi connectivity index (χ1) is 32.6. The highest BCUT2D eigenvalue weighted by atomic mass is 16.7. The minimum absolute atomic E-state index is 0.146. The van der Waals surface area contributed by atoms with E-state index in [0.29, 0.717) is 17.4 Å². The summed E-state index contributed by atoms with van der Waals surface area (Å²) in [4.78, 5) is 37.1. The first-order valence-corrected chi connectivity index (χ1v) is 27.8. The van der Waals surface area contributed by atoms with Gasteiger partial charge in [0.15, 0.2) is 12.4 Å². The summed E-state index contributed by atoms with van der Waals surface area (Å²) in [6, 6.07) is 0. The molecule has 0 aliphatic carbocycles. The van der Waals surface area contributed by atoms with Crippen LogP contribution in [0.4, 0.5) is 0 Å². The van der Waals surface area contributed by atoms with Crippen molar-refractivity contribution < 1.29 is 42.9 Å². The molecule has 2 unspecified atom stereocenters. The molecule has 0 aromatic heterocycles. The summed E-state index contributed by atoms with van der Waals surface area (Å²) in [5, 5.41) is 11.7. The summed E-state index contributed by atoms with van der Waals surface area (Å²) in [5.41, 5.74) is 0. The molecule has 0 aliphatic heterocycles. The zero-order chi connectivity index (χ0) is 49.2. The molecular weight excluding hydrogens is 839 g/mol. The molecule has 0 aromatic carbocycles. The van der Waals surface area contributed by atoms with E-state index >= 15 is 0 Å². The molecule has 0 heterocycles. The van der Waals surface area contributed by atoms with Gasteiger partial charge in [0.1, 0.15) is 13.2 Å². The van der Waals surface area contributed by atoms with Crippen molar-refractivity contribution >= 4 is 17.9 Å². The molecule has 0 radical (unpaired) electrons. The number of unbranched alkanes of at least 4 members (excludes halogenated alkanes) is 28. The molecule has 0 aromatic rings. The monoisotopic (exact) mass is 944 g/mol. The van der Waals surface area contributed by atoms with Gasteiger partial charge in [-0.1, -0.05) is 204 Å². The molecule has 0 saturated carbocycles. The highest BCUT2D eigenvalue weighted by molar-refractivity contribution is 5.70. The van der Waals surface area contributed by atoms with E-state index in [2.05, 4.69) is 62.5 Å². The Labute approximate surface area is 412 Å². The van der Waals surface area contributed by atoms with E-state index in [9.17, 15) is 19.5 Å². The normalized spacial score (nSPS) is 13.1. The summed E-state index contributed by atoms with van der Waals surface area (Å²) in [6.07, 6.45) is 57.3. The van der Waals surface area contributed by atoms with Gasteiger partial charge < -0.3 is 33.3 Å². The molecule has 0 amide bonds. The highest BCUT2D eigenvalue weighted by Crippen LogP contribution is 2.16. The summed E-state index contributed by atoms with van der Waals surface area (Å²) in [7, 11) is 5.92. The largest absolute Gasteiger partial charge is 0.545 e. The Balaban J connectivity index is 4.18. The number of carbonyl (C=O) groups is 3. The van der Waals surface area contributed by atoms with Crippen LogP contribution in [0.25, 0.3) is 0 Å². The predicted octanol–water partition coefficient (Wildman–Crippen LogP) is 14.6. The average Bonchev–Trinajstić information content (AvgIpc) is 3.29. The van der Waals surface area contributed by atoms with Crippen LogP contribution >= 0.6 is 0 Å². The Morgan fingerprint density at radius 3 is 1.22 bits per heavy atom. The number of carbonyl (C=O) groups excluding carboxylic acids is 3. The maximum Gasteiger partial charge on any atom is 0.306 e. The number of likely N-dealkylation sites (N-methyl/N-ethyl adjacent to an activating group) is 1. The molecule has 2 atom stereocenters. The van der Waals surface area contributed by atoms with Gasteiger partial charge in [-0.05, 0) is 77.0 Å². The van der Waals surface area contributed by atoms with Crippen LogP contribution in [0.5, 0.6) is 0 Å². The number of esters is 2. The number of aliphatic carboxylic acids is 1. The van der Waals surface area contributed by atoms with Crippen LogP contribution in [0.3, 0.4) is 0 Å². The van der Waals surface area contributed by atoms with Crippen LogP contribution in [0.1, 0.15) is 245 Å². The Kier molecular flexibility index (Phi) is 47.6. The van der Waals surface area contributed by atoms with Crippen molar-refractivity contribution in [3.63, 3.8) is 0 Å². The van der Waals surface area contributed by atoms with Gasteiger partial charge in [-0.15, -0.1) is 0 Å². The average molecular weight is 944 g/mol. The number of rotatable bonds is 51. The van der Waals surface area contributed by atoms with Crippen LogP contribution < -0.4 is 5.11 Å². The predicted molar refractivity (Wildman–Crippen MR) is 279 cm³/mol. The van der Waals surface area contributed by atoms with Gasteiger partial charge in [-0.2, -0.15) is 0 Å². The van der Waals surface area contributed by atoms with E-state index in [0.717, 1.165) is 70.6 Å². The molecule has 0 bridgehead atoms. The summed E-state index contributed by atoms with van der Waals surface area (Å²) >= 11 is 0. The first kappa shape index (κ1) is 64.2. The van der Waals surface area contributed by atoms with Crippen molar-refractivity contribution in [3.05, 3.63) is 48.6 Å². The van der Waals surface area contributed by atoms with E-state index in [1.54, 1.807) is 0 Å². The van der Waals surface area contributed by atoms with E-state index in [1.807, 2.05) is 21.1 Å². The second-order valence-electron chi connectivity index (χ2n) is 19.9. The molecule has 390 valence electrons. The maximum absolute atomic E-state index is 12.8. The van der Waals surface area contributed by atoms with E-state index < -0.39 is 24.3 Å². The number of quaternary nitrogens is 1. The highest BCUT2D eigenvalue weighted by Gasteiger charge is 2.22. The van der Waals surface area contributed by atoms with Crippen molar-refractivity contribution in [2.75, 3.05) is 47.5 Å². The van der Waals surface area contributed by atoms with Crippen molar-refractivity contribution in [3.8, 4) is 0 Å². The topological polar surface area (TPSA) is 111 Å².